The number of benzene rings is 1. The third-order valence-electron chi connectivity index (χ3n) is 4.39. The third-order valence-corrected chi connectivity index (χ3v) is 4.39. The van der Waals surface area contributed by atoms with Gasteiger partial charge in [-0.25, -0.2) is 0 Å². The number of aromatic nitrogens is 2. The fraction of sp³-hybridized carbons (Fsp3) is 0.421. The molecular weight excluding hydrogens is 316 g/mol. The molecule has 3 rings (SSSR count). The summed E-state index contributed by atoms with van der Waals surface area (Å²) in [6.45, 7) is 7.05. The number of nitrogens with one attached hydrogen (secondary N) is 1. The lowest BCUT2D eigenvalue weighted by atomic mass is 10.0. The summed E-state index contributed by atoms with van der Waals surface area (Å²) in [5, 5.41) is 7.18. The fourth-order valence-electron chi connectivity index (χ4n) is 3.01. The Bertz CT molecular complexity index is 761. The van der Waals surface area contributed by atoms with E-state index in [1.54, 1.807) is 22.0 Å². The van der Waals surface area contributed by atoms with Gasteiger partial charge in [0, 0.05) is 19.3 Å². The van der Waals surface area contributed by atoms with Crippen molar-refractivity contribution in [1.82, 2.24) is 20.0 Å². The van der Waals surface area contributed by atoms with E-state index >= 15 is 0 Å². The Hall–Kier alpha value is -2.63. The number of carbonyl (C=O) groups is 2. The average Bonchev–Trinajstić information content (AvgIpc) is 3.00. The van der Waals surface area contributed by atoms with Gasteiger partial charge in [-0.3, -0.25) is 14.3 Å². The molecule has 0 aliphatic carbocycles. The van der Waals surface area contributed by atoms with E-state index in [1.165, 1.54) is 0 Å². The van der Waals surface area contributed by atoms with Gasteiger partial charge in [0.05, 0.1) is 29.8 Å². The molecule has 1 atom stereocenters. The molecule has 2 amide bonds. The summed E-state index contributed by atoms with van der Waals surface area (Å²) in [4.78, 5) is 26.9. The molecule has 1 fully saturated rings. The highest BCUT2D eigenvalue weighted by Crippen LogP contribution is 2.27. The van der Waals surface area contributed by atoms with Crippen LogP contribution in [-0.2, 0) is 10.3 Å². The van der Waals surface area contributed by atoms with Crippen molar-refractivity contribution in [2.75, 3.05) is 13.1 Å². The molecule has 6 nitrogen and oxygen atoms in total. The van der Waals surface area contributed by atoms with E-state index in [1.807, 2.05) is 51.1 Å². The molecule has 1 aromatic carbocycles. The van der Waals surface area contributed by atoms with E-state index in [0.29, 0.717) is 18.7 Å². The van der Waals surface area contributed by atoms with E-state index in [4.69, 9.17) is 0 Å². The SMILES string of the molecule is CC(C)(C)n1cc(C(=O)N2CCNC(=O)C[C@H]2c2ccccc2)cn1. The van der Waals surface area contributed by atoms with Gasteiger partial charge in [0.2, 0.25) is 5.91 Å². The third kappa shape index (κ3) is 3.73. The van der Waals surface area contributed by atoms with Gasteiger partial charge in [0.15, 0.2) is 0 Å². The fourth-order valence-corrected chi connectivity index (χ4v) is 3.01. The van der Waals surface area contributed by atoms with Gasteiger partial charge in [-0.2, -0.15) is 5.10 Å². The molecule has 0 unspecified atom stereocenters. The van der Waals surface area contributed by atoms with E-state index in [-0.39, 0.29) is 29.8 Å². The van der Waals surface area contributed by atoms with Gasteiger partial charge in [-0.15, -0.1) is 0 Å². The maximum atomic E-state index is 13.1. The van der Waals surface area contributed by atoms with Crippen LogP contribution >= 0.6 is 0 Å². The van der Waals surface area contributed by atoms with Crippen LogP contribution in [0.25, 0.3) is 0 Å². The molecule has 6 heteroatoms. The van der Waals surface area contributed by atoms with Crippen LogP contribution in [0.5, 0.6) is 0 Å². The predicted molar refractivity (Wildman–Crippen MR) is 95.1 cm³/mol. The summed E-state index contributed by atoms with van der Waals surface area (Å²) in [7, 11) is 0. The maximum absolute atomic E-state index is 13.1. The van der Waals surface area contributed by atoms with Crippen molar-refractivity contribution in [3.63, 3.8) is 0 Å². The summed E-state index contributed by atoms with van der Waals surface area (Å²) in [5.41, 5.74) is 1.33. The quantitative estimate of drug-likeness (QED) is 0.912. The first-order valence-electron chi connectivity index (χ1n) is 8.54. The van der Waals surface area contributed by atoms with Crippen LogP contribution in [0.2, 0.25) is 0 Å². The zero-order valence-corrected chi connectivity index (χ0v) is 14.9. The zero-order chi connectivity index (χ0) is 18.0. The van der Waals surface area contributed by atoms with Gasteiger partial charge in [-0.05, 0) is 26.3 Å². The Morgan fingerprint density at radius 3 is 2.60 bits per heavy atom. The largest absolute Gasteiger partial charge is 0.354 e. The predicted octanol–water partition coefficient (Wildman–Crippen LogP) is 2.34. The number of hydrogen-bond donors (Lipinski definition) is 1. The van der Waals surface area contributed by atoms with Crippen LogP contribution in [0.1, 0.15) is 49.2 Å². The maximum Gasteiger partial charge on any atom is 0.257 e. The molecule has 2 aromatic rings. The summed E-state index contributed by atoms with van der Waals surface area (Å²) in [6.07, 6.45) is 3.66. The standard InChI is InChI=1S/C19H24N4O2/c1-19(2,3)23-13-15(12-21-23)18(25)22-10-9-20-17(24)11-16(22)14-7-5-4-6-8-14/h4-8,12-13,16H,9-11H2,1-3H3,(H,20,24)/t16-/m0/s1. The second kappa shape index (κ2) is 6.70. The number of amides is 2. The lowest BCUT2D eigenvalue weighted by Crippen LogP contribution is -2.36. The number of rotatable bonds is 2. The van der Waals surface area contributed by atoms with Gasteiger partial charge >= 0.3 is 0 Å². The van der Waals surface area contributed by atoms with Gasteiger partial charge in [0.1, 0.15) is 0 Å². The molecule has 25 heavy (non-hydrogen) atoms. The second-order valence-electron chi connectivity index (χ2n) is 7.32. The molecule has 1 aliphatic heterocycles. The Morgan fingerprint density at radius 2 is 1.96 bits per heavy atom. The van der Waals surface area contributed by atoms with Crippen molar-refractivity contribution in [3.8, 4) is 0 Å². The molecule has 1 saturated heterocycles. The molecule has 0 radical (unpaired) electrons. The molecule has 1 aliphatic rings. The number of hydrogen-bond acceptors (Lipinski definition) is 3. The van der Waals surface area contributed by atoms with Crippen molar-refractivity contribution in [1.29, 1.82) is 0 Å². The summed E-state index contributed by atoms with van der Waals surface area (Å²) in [6, 6.07) is 9.44. The van der Waals surface area contributed by atoms with Crippen molar-refractivity contribution >= 4 is 11.8 Å². The Balaban J connectivity index is 1.92. The van der Waals surface area contributed by atoms with Crippen molar-refractivity contribution in [2.24, 2.45) is 0 Å². The van der Waals surface area contributed by atoms with Crippen molar-refractivity contribution in [2.45, 2.75) is 38.8 Å². The molecule has 0 saturated carbocycles. The minimum absolute atomic E-state index is 0.0328. The molecule has 132 valence electrons. The first kappa shape index (κ1) is 17.2. The van der Waals surface area contributed by atoms with E-state index in [0.717, 1.165) is 5.56 Å². The number of carbonyl (C=O) groups excluding carboxylic acids is 2. The average molecular weight is 340 g/mol. The molecular formula is C19H24N4O2. The van der Waals surface area contributed by atoms with Crippen molar-refractivity contribution < 1.29 is 9.59 Å². The van der Waals surface area contributed by atoms with E-state index in [9.17, 15) is 9.59 Å². The molecule has 1 N–H and O–H groups in total. The molecule has 0 spiro atoms. The molecule has 2 heterocycles. The van der Waals surface area contributed by atoms with E-state index in [2.05, 4.69) is 10.4 Å². The van der Waals surface area contributed by atoms with Gasteiger partial charge < -0.3 is 10.2 Å². The smallest absolute Gasteiger partial charge is 0.257 e. The summed E-state index contributed by atoms with van der Waals surface area (Å²) in [5.74, 6) is -0.129. The topological polar surface area (TPSA) is 67.2 Å². The Kier molecular flexibility index (Phi) is 4.61. The zero-order valence-electron chi connectivity index (χ0n) is 14.9. The highest BCUT2D eigenvalue weighted by molar-refractivity contribution is 5.94. The normalized spacial score (nSPS) is 18.6. The Labute approximate surface area is 147 Å². The lowest BCUT2D eigenvalue weighted by Gasteiger charge is -2.29. The second-order valence-corrected chi connectivity index (χ2v) is 7.32. The first-order chi connectivity index (χ1) is 11.9. The minimum atomic E-state index is -0.269. The summed E-state index contributed by atoms with van der Waals surface area (Å²) >= 11 is 0. The highest BCUT2D eigenvalue weighted by Gasteiger charge is 2.31. The highest BCUT2D eigenvalue weighted by atomic mass is 16.2. The van der Waals surface area contributed by atoms with Crippen LogP contribution in [-0.4, -0.2) is 39.6 Å². The number of nitrogens with zero attached hydrogens (tertiary/aromatic N) is 3. The minimum Gasteiger partial charge on any atom is -0.354 e. The summed E-state index contributed by atoms with van der Waals surface area (Å²) < 4.78 is 1.79. The molecule has 1 aromatic heterocycles. The van der Waals surface area contributed by atoms with Crippen LogP contribution < -0.4 is 5.32 Å². The van der Waals surface area contributed by atoms with Gasteiger partial charge in [-0.1, -0.05) is 30.3 Å². The van der Waals surface area contributed by atoms with Crippen molar-refractivity contribution in [3.05, 3.63) is 53.9 Å². The van der Waals surface area contributed by atoms with Crippen LogP contribution in [0, 0.1) is 0 Å². The molecule has 0 bridgehead atoms. The van der Waals surface area contributed by atoms with E-state index < -0.39 is 0 Å². The lowest BCUT2D eigenvalue weighted by molar-refractivity contribution is -0.121. The first-order valence-corrected chi connectivity index (χ1v) is 8.54. The Morgan fingerprint density at radius 1 is 1.24 bits per heavy atom. The van der Waals surface area contributed by atoms with Crippen LogP contribution in [0.15, 0.2) is 42.7 Å². The van der Waals surface area contributed by atoms with Crippen LogP contribution in [0.4, 0.5) is 0 Å². The van der Waals surface area contributed by atoms with Gasteiger partial charge in [0.25, 0.3) is 5.91 Å². The van der Waals surface area contributed by atoms with Crippen LogP contribution in [0.3, 0.4) is 0 Å². The monoisotopic (exact) mass is 340 g/mol.